The number of aliphatic imine (C=N–C) groups is 1. The molecule has 2 aromatic rings. The zero-order valence-corrected chi connectivity index (χ0v) is 15.6. The molecule has 2 heterocycles. The van der Waals surface area contributed by atoms with E-state index >= 15 is 0 Å². The van der Waals surface area contributed by atoms with Crippen LogP contribution in [0.2, 0.25) is 0 Å². The Labute approximate surface area is 155 Å². The first-order chi connectivity index (χ1) is 12.8. The lowest BCUT2D eigenvalue weighted by molar-refractivity contribution is 0.284. The fourth-order valence-corrected chi connectivity index (χ4v) is 2.98. The fraction of sp³-hybridized carbons (Fsp3) is 0.524. The topological polar surface area (TPSA) is 56.9 Å². The van der Waals surface area contributed by atoms with Crippen LogP contribution in [0.5, 0.6) is 5.75 Å². The molecule has 1 aromatic heterocycles. The number of benzene rings is 1. The third-order valence-corrected chi connectivity index (χ3v) is 4.41. The van der Waals surface area contributed by atoms with E-state index in [2.05, 4.69) is 10.1 Å². The maximum atomic E-state index is 5.82. The molecule has 1 aromatic carbocycles. The van der Waals surface area contributed by atoms with Crippen LogP contribution in [0.4, 0.5) is 0 Å². The fourth-order valence-electron chi connectivity index (χ4n) is 2.98. The molecule has 0 atom stereocenters. The van der Waals surface area contributed by atoms with Gasteiger partial charge in [0.15, 0.2) is 0 Å². The Morgan fingerprint density at radius 3 is 2.58 bits per heavy atom. The number of nitrogens with zero attached hydrogens (tertiary/aromatic N) is 2. The van der Waals surface area contributed by atoms with Crippen LogP contribution in [0.15, 0.2) is 39.8 Å². The standard InChI is InChI=1S/C21H28N2O3/c1-17-16-20(26-23-17)8-5-3-2-4-6-14-24-19-11-9-18(10-12-19)21-22-13-7-15-25-21/h9-12,16H,2-8,13-15H2,1H3. The summed E-state index contributed by atoms with van der Waals surface area (Å²) in [5, 5.41) is 3.91. The van der Waals surface area contributed by atoms with Crippen molar-refractivity contribution >= 4 is 5.90 Å². The van der Waals surface area contributed by atoms with Gasteiger partial charge in [0.25, 0.3) is 0 Å². The number of unbranched alkanes of at least 4 members (excludes halogenated alkanes) is 4. The Kier molecular flexibility index (Phi) is 7.11. The van der Waals surface area contributed by atoms with Crippen molar-refractivity contribution in [3.8, 4) is 5.75 Å². The molecule has 0 saturated heterocycles. The highest BCUT2D eigenvalue weighted by atomic mass is 16.5. The number of aromatic nitrogens is 1. The van der Waals surface area contributed by atoms with Gasteiger partial charge >= 0.3 is 0 Å². The van der Waals surface area contributed by atoms with Gasteiger partial charge in [-0.1, -0.05) is 24.4 Å². The zero-order chi connectivity index (χ0) is 18.0. The molecular formula is C21H28N2O3. The third-order valence-electron chi connectivity index (χ3n) is 4.41. The molecule has 0 bridgehead atoms. The van der Waals surface area contributed by atoms with E-state index in [0.717, 1.165) is 74.1 Å². The van der Waals surface area contributed by atoms with Gasteiger partial charge in [-0.05, 0) is 44.0 Å². The van der Waals surface area contributed by atoms with Gasteiger partial charge in [0, 0.05) is 31.0 Å². The number of hydrogen-bond acceptors (Lipinski definition) is 5. The Morgan fingerprint density at radius 1 is 1.04 bits per heavy atom. The molecule has 3 rings (SSSR count). The molecule has 0 fully saturated rings. The third kappa shape index (κ3) is 5.90. The second-order valence-corrected chi connectivity index (χ2v) is 6.71. The summed E-state index contributed by atoms with van der Waals surface area (Å²) in [6.45, 7) is 4.33. The zero-order valence-electron chi connectivity index (χ0n) is 15.6. The Hall–Kier alpha value is -2.30. The van der Waals surface area contributed by atoms with E-state index in [1.165, 1.54) is 19.3 Å². The smallest absolute Gasteiger partial charge is 0.216 e. The number of hydrogen-bond donors (Lipinski definition) is 0. The second-order valence-electron chi connectivity index (χ2n) is 6.71. The van der Waals surface area contributed by atoms with Crippen LogP contribution in [0.25, 0.3) is 0 Å². The highest BCUT2D eigenvalue weighted by Gasteiger charge is 2.08. The summed E-state index contributed by atoms with van der Waals surface area (Å²) >= 11 is 0. The van der Waals surface area contributed by atoms with Crippen LogP contribution >= 0.6 is 0 Å². The Bertz CT molecular complexity index is 692. The summed E-state index contributed by atoms with van der Waals surface area (Å²) in [4.78, 5) is 4.41. The van der Waals surface area contributed by atoms with Gasteiger partial charge in [-0.3, -0.25) is 4.99 Å². The summed E-state index contributed by atoms with van der Waals surface area (Å²) < 4.78 is 16.6. The van der Waals surface area contributed by atoms with Gasteiger partial charge in [0.1, 0.15) is 11.5 Å². The SMILES string of the molecule is Cc1cc(CCCCCCCOc2ccc(C3=NCCCO3)cc2)on1. The molecule has 0 spiro atoms. The van der Waals surface area contributed by atoms with Crippen molar-refractivity contribution in [3.05, 3.63) is 47.3 Å². The van der Waals surface area contributed by atoms with Crippen LogP contribution in [0, 0.1) is 6.92 Å². The highest BCUT2D eigenvalue weighted by Crippen LogP contribution is 2.16. The molecule has 5 heteroatoms. The van der Waals surface area contributed by atoms with Gasteiger partial charge in [-0.2, -0.15) is 0 Å². The average Bonchev–Trinajstić information content (AvgIpc) is 3.10. The van der Waals surface area contributed by atoms with Crippen molar-refractivity contribution in [1.29, 1.82) is 0 Å². The molecular weight excluding hydrogens is 328 g/mol. The first kappa shape index (κ1) is 18.5. The van der Waals surface area contributed by atoms with Crippen molar-refractivity contribution in [3.63, 3.8) is 0 Å². The van der Waals surface area contributed by atoms with Crippen molar-refractivity contribution in [1.82, 2.24) is 5.16 Å². The number of ether oxygens (including phenoxy) is 2. The van der Waals surface area contributed by atoms with E-state index in [1.54, 1.807) is 0 Å². The number of rotatable bonds is 10. The van der Waals surface area contributed by atoms with Gasteiger partial charge in [-0.15, -0.1) is 0 Å². The second kappa shape index (κ2) is 10.00. The maximum absolute atomic E-state index is 5.82. The molecule has 26 heavy (non-hydrogen) atoms. The quantitative estimate of drug-likeness (QED) is 0.578. The Balaban J connectivity index is 1.25. The predicted octanol–water partition coefficient (Wildman–Crippen LogP) is 4.72. The van der Waals surface area contributed by atoms with Gasteiger partial charge in [-0.25, -0.2) is 0 Å². The normalized spacial score (nSPS) is 14.0. The van der Waals surface area contributed by atoms with Crippen molar-refractivity contribution in [2.24, 2.45) is 4.99 Å². The molecule has 0 radical (unpaired) electrons. The van der Waals surface area contributed by atoms with E-state index in [0.29, 0.717) is 0 Å². The first-order valence-corrected chi connectivity index (χ1v) is 9.64. The van der Waals surface area contributed by atoms with Gasteiger partial charge < -0.3 is 14.0 Å². The molecule has 140 valence electrons. The molecule has 0 N–H and O–H groups in total. The summed E-state index contributed by atoms with van der Waals surface area (Å²) in [6.07, 6.45) is 7.87. The minimum atomic E-state index is 0.753. The van der Waals surface area contributed by atoms with Crippen LogP contribution in [-0.2, 0) is 11.2 Å². The highest BCUT2D eigenvalue weighted by molar-refractivity contribution is 5.94. The summed E-state index contributed by atoms with van der Waals surface area (Å²) in [5.41, 5.74) is 1.99. The predicted molar refractivity (Wildman–Crippen MR) is 102 cm³/mol. The summed E-state index contributed by atoms with van der Waals surface area (Å²) in [6, 6.07) is 10.0. The van der Waals surface area contributed by atoms with Gasteiger partial charge in [0.2, 0.25) is 5.90 Å². The first-order valence-electron chi connectivity index (χ1n) is 9.64. The van der Waals surface area contributed by atoms with E-state index in [-0.39, 0.29) is 0 Å². The lowest BCUT2D eigenvalue weighted by Gasteiger charge is -2.14. The molecule has 1 aliphatic heterocycles. The molecule has 0 amide bonds. The van der Waals surface area contributed by atoms with Crippen LogP contribution < -0.4 is 4.74 Å². The van der Waals surface area contributed by atoms with Crippen LogP contribution in [-0.4, -0.2) is 30.8 Å². The van der Waals surface area contributed by atoms with Crippen molar-refractivity contribution in [2.75, 3.05) is 19.8 Å². The summed E-state index contributed by atoms with van der Waals surface area (Å²) in [7, 11) is 0. The molecule has 0 unspecified atom stereocenters. The number of aryl methyl sites for hydroxylation is 2. The van der Waals surface area contributed by atoms with Crippen LogP contribution in [0.3, 0.4) is 0 Å². The minimum absolute atomic E-state index is 0.753. The maximum Gasteiger partial charge on any atom is 0.216 e. The largest absolute Gasteiger partial charge is 0.494 e. The molecule has 1 aliphatic rings. The lowest BCUT2D eigenvalue weighted by atomic mass is 10.1. The molecule has 0 saturated carbocycles. The van der Waals surface area contributed by atoms with Crippen molar-refractivity contribution < 1.29 is 14.0 Å². The van der Waals surface area contributed by atoms with Crippen molar-refractivity contribution in [2.45, 2.75) is 51.9 Å². The van der Waals surface area contributed by atoms with Gasteiger partial charge in [0.05, 0.1) is 18.9 Å². The minimum Gasteiger partial charge on any atom is -0.494 e. The van der Waals surface area contributed by atoms with E-state index in [9.17, 15) is 0 Å². The monoisotopic (exact) mass is 356 g/mol. The lowest BCUT2D eigenvalue weighted by Crippen LogP contribution is -2.14. The van der Waals surface area contributed by atoms with E-state index in [1.807, 2.05) is 37.3 Å². The molecule has 5 nitrogen and oxygen atoms in total. The van der Waals surface area contributed by atoms with E-state index < -0.39 is 0 Å². The molecule has 0 aliphatic carbocycles. The summed E-state index contributed by atoms with van der Waals surface area (Å²) in [5.74, 6) is 2.66. The Morgan fingerprint density at radius 2 is 1.85 bits per heavy atom. The van der Waals surface area contributed by atoms with Crippen LogP contribution in [0.1, 0.15) is 55.5 Å². The average molecular weight is 356 g/mol. The van der Waals surface area contributed by atoms with E-state index in [4.69, 9.17) is 14.0 Å².